The molecule has 1 N–H and O–H groups in total. The van der Waals surface area contributed by atoms with Gasteiger partial charge in [-0.1, -0.05) is 6.92 Å². The van der Waals surface area contributed by atoms with Gasteiger partial charge in [0, 0.05) is 25.6 Å². The summed E-state index contributed by atoms with van der Waals surface area (Å²) in [6, 6.07) is 4.60. The number of halogens is 1. The van der Waals surface area contributed by atoms with E-state index in [0.29, 0.717) is 19.4 Å². The Morgan fingerprint density at radius 3 is 2.65 bits per heavy atom. The largest absolute Gasteiger partial charge is 0.352 e. The van der Waals surface area contributed by atoms with E-state index < -0.39 is 15.8 Å². The van der Waals surface area contributed by atoms with Crippen LogP contribution in [0.5, 0.6) is 0 Å². The highest BCUT2D eigenvalue weighted by Crippen LogP contribution is 2.21. The molecule has 0 spiro atoms. The van der Waals surface area contributed by atoms with E-state index in [-0.39, 0.29) is 23.4 Å². The summed E-state index contributed by atoms with van der Waals surface area (Å²) in [5.74, 6) is -0.561. The quantitative estimate of drug-likeness (QED) is 0.906. The highest BCUT2D eigenvalue weighted by molar-refractivity contribution is 7.89. The first-order valence-electron chi connectivity index (χ1n) is 6.48. The fourth-order valence-electron chi connectivity index (χ4n) is 2.15. The van der Waals surface area contributed by atoms with Crippen molar-refractivity contribution >= 4 is 15.9 Å². The summed E-state index contributed by atoms with van der Waals surface area (Å²) < 4.78 is 38.8. The molecule has 1 amide bonds. The van der Waals surface area contributed by atoms with Gasteiger partial charge in [0.2, 0.25) is 15.9 Å². The number of benzene rings is 1. The highest BCUT2D eigenvalue weighted by Gasteiger charge is 2.32. The molecule has 0 radical (unpaired) electrons. The van der Waals surface area contributed by atoms with Crippen molar-refractivity contribution in [2.75, 3.05) is 13.1 Å². The molecular formula is C13H17FN2O3S. The van der Waals surface area contributed by atoms with Crippen molar-refractivity contribution in [2.45, 2.75) is 30.7 Å². The molecule has 2 rings (SSSR count). The smallest absolute Gasteiger partial charge is 0.243 e. The van der Waals surface area contributed by atoms with Gasteiger partial charge in [-0.3, -0.25) is 4.79 Å². The Bertz CT molecular complexity index is 586. The van der Waals surface area contributed by atoms with Crippen molar-refractivity contribution in [3.05, 3.63) is 30.1 Å². The fraction of sp³-hybridized carbons (Fsp3) is 0.462. The lowest BCUT2D eigenvalue weighted by Crippen LogP contribution is -2.38. The van der Waals surface area contributed by atoms with Crippen LogP contribution in [0, 0.1) is 5.82 Å². The molecule has 0 bridgehead atoms. The van der Waals surface area contributed by atoms with Gasteiger partial charge in [-0.2, -0.15) is 4.31 Å². The summed E-state index contributed by atoms with van der Waals surface area (Å²) in [5.41, 5.74) is 0. The number of carbonyl (C=O) groups excluding carboxylic acids is 1. The van der Waals surface area contributed by atoms with Gasteiger partial charge >= 0.3 is 0 Å². The second-order valence-corrected chi connectivity index (χ2v) is 6.66. The minimum absolute atomic E-state index is 0.0707. The van der Waals surface area contributed by atoms with Crippen LogP contribution in [0.25, 0.3) is 0 Å². The zero-order valence-corrected chi connectivity index (χ0v) is 12.0. The van der Waals surface area contributed by atoms with Crippen LogP contribution in [0.4, 0.5) is 4.39 Å². The third-order valence-electron chi connectivity index (χ3n) is 3.29. The molecular weight excluding hydrogens is 283 g/mol. The molecule has 110 valence electrons. The zero-order chi connectivity index (χ0) is 14.8. The van der Waals surface area contributed by atoms with E-state index in [1.807, 2.05) is 0 Å². The SMILES string of the molecule is CCC(=O)N[C@H]1CCN(S(=O)(=O)c2ccc(F)cc2)C1. The van der Waals surface area contributed by atoms with Crippen LogP contribution in [0.3, 0.4) is 0 Å². The van der Waals surface area contributed by atoms with E-state index in [1.54, 1.807) is 6.92 Å². The van der Waals surface area contributed by atoms with E-state index in [4.69, 9.17) is 0 Å². The molecule has 1 fully saturated rings. The van der Waals surface area contributed by atoms with Gasteiger partial charge < -0.3 is 5.32 Å². The molecule has 7 heteroatoms. The van der Waals surface area contributed by atoms with Crippen molar-refractivity contribution in [3.63, 3.8) is 0 Å². The Balaban J connectivity index is 2.08. The lowest BCUT2D eigenvalue weighted by atomic mass is 10.2. The van der Waals surface area contributed by atoms with E-state index in [1.165, 1.54) is 16.4 Å². The second-order valence-electron chi connectivity index (χ2n) is 4.72. The lowest BCUT2D eigenvalue weighted by Gasteiger charge is -2.17. The Morgan fingerprint density at radius 1 is 1.40 bits per heavy atom. The van der Waals surface area contributed by atoms with Crippen molar-refractivity contribution < 1.29 is 17.6 Å². The van der Waals surface area contributed by atoms with Crippen LogP contribution in [0.1, 0.15) is 19.8 Å². The predicted molar refractivity (Wildman–Crippen MR) is 72.0 cm³/mol. The third kappa shape index (κ3) is 3.16. The Morgan fingerprint density at radius 2 is 2.05 bits per heavy atom. The topological polar surface area (TPSA) is 66.5 Å². The monoisotopic (exact) mass is 300 g/mol. The molecule has 0 aliphatic carbocycles. The number of hydrogen-bond donors (Lipinski definition) is 1. The number of nitrogens with zero attached hydrogens (tertiary/aromatic N) is 1. The summed E-state index contributed by atoms with van der Waals surface area (Å²) in [5, 5.41) is 2.79. The number of amides is 1. The first-order valence-corrected chi connectivity index (χ1v) is 7.92. The number of nitrogens with one attached hydrogen (secondary N) is 1. The standard InChI is InChI=1S/C13H17FN2O3S/c1-2-13(17)15-11-7-8-16(9-11)20(18,19)12-5-3-10(14)4-6-12/h3-6,11H,2,7-9H2,1H3,(H,15,17)/t11-/m0/s1. The molecule has 1 aromatic carbocycles. The van der Waals surface area contributed by atoms with Gasteiger partial charge in [-0.05, 0) is 30.7 Å². The Labute approximate surface area is 117 Å². The summed E-state index contributed by atoms with van der Waals surface area (Å²) >= 11 is 0. The van der Waals surface area contributed by atoms with Crippen LogP contribution in [-0.4, -0.2) is 37.8 Å². The van der Waals surface area contributed by atoms with E-state index in [9.17, 15) is 17.6 Å². The first-order chi connectivity index (χ1) is 9.43. The van der Waals surface area contributed by atoms with E-state index in [2.05, 4.69) is 5.32 Å². The molecule has 1 heterocycles. The molecule has 1 aliphatic rings. The molecule has 1 atom stereocenters. The maximum Gasteiger partial charge on any atom is 0.243 e. The molecule has 0 aromatic heterocycles. The minimum Gasteiger partial charge on any atom is -0.352 e. The number of rotatable bonds is 4. The maximum atomic E-state index is 12.8. The van der Waals surface area contributed by atoms with E-state index in [0.717, 1.165) is 12.1 Å². The van der Waals surface area contributed by atoms with Gasteiger partial charge in [0.25, 0.3) is 0 Å². The molecule has 0 unspecified atom stereocenters. The first kappa shape index (κ1) is 14.9. The van der Waals surface area contributed by atoms with Gasteiger partial charge in [0.05, 0.1) is 4.90 Å². The van der Waals surface area contributed by atoms with Gasteiger partial charge in [-0.15, -0.1) is 0 Å². The van der Waals surface area contributed by atoms with Crippen molar-refractivity contribution in [1.29, 1.82) is 0 Å². The number of hydrogen-bond acceptors (Lipinski definition) is 3. The number of carbonyl (C=O) groups is 1. The average Bonchev–Trinajstić information content (AvgIpc) is 2.88. The van der Waals surface area contributed by atoms with Crippen LogP contribution in [-0.2, 0) is 14.8 Å². The third-order valence-corrected chi connectivity index (χ3v) is 5.17. The van der Waals surface area contributed by atoms with Crippen LogP contribution in [0.15, 0.2) is 29.2 Å². The lowest BCUT2D eigenvalue weighted by molar-refractivity contribution is -0.121. The van der Waals surface area contributed by atoms with Crippen molar-refractivity contribution in [3.8, 4) is 0 Å². The van der Waals surface area contributed by atoms with Gasteiger partial charge in [0.1, 0.15) is 5.82 Å². The van der Waals surface area contributed by atoms with Crippen molar-refractivity contribution in [1.82, 2.24) is 9.62 Å². The van der Waals surface area contributed by atoms with Crippen LogP contribution < -0.4 is 5.32 Å². The summed E-state index contributed by atoms with van der Waals surface area (Å²) in [7, 11) is -3.62. The molecule has 5 nitrogen and oxygen atoms in total. The van der Waals surface area contributed by atoms with Crippen LogP contribution in [0.2, 0.25) is 0 Å². The normalized spacial score (nSPS) is 20.0. The molecule has 0 saturated carbocycles. The molecule has 1 saturated heterocycles. The van der Waals surface area contributed by atoms with Gasteiger partial charge in [0.15, 0.2) is 0 Å². The zero-order valence-electron chi connectivity index (χ0n) is 11.2. The highest BCUT2D eigenvalue weighted by atomic mass is 32.2. The average molecular weight is 300 g/mol. The molecule has 20 heavy (non-hydrogen) atoms. The predicted octanol–water partition coefficient (Wildman–Crippen LogP) is 1.11. The summed E-state index contributed by atoms with van der Waals surface area (Å²) in [6.07, 6.45) is 0.966. The van der Waals surface area contributed by atoms with E-state index >= 15 is 0 Å². The van der Waals surface area contributed by atoms with Crippen molar-refractivity contribution in [2.24, 2.45) is 0 Å². The maximum absolute atomic E-state index is 12.8. The Kier molecular flexibility index (Phi) is 4.39. The molecule has 1 aromatic rings. The van der Waals surface area contributed by atoms with Crippen LogP contribution >= 0.6 is 0 Å². The summed E-state index contributed by atoms with van der Waals surface area (Å²) in [6.45, 7) is 2.36. The summed E-state index contributed by atoms with van der Waals surface area (Å²) in [4.78, 5) is 11.4. The van der Waals surface area contributed by atoms with Gasteiger partial charge in [-0.25, -0.2) is 12.8 Å². The second kappa shape index (κ2) is 5.88. The Hall–Kier alpha value is -1.47. The molecule has 1 aliphatic heterocycles. The minimum atomic E-state index is -3.62. The number of sulfonamides is 1. The fourth-order valence-corrected chi connectivity index (χ4v) is 3.65.